The van der Waals surface area contributed by atoms with Gasteiger partial charge >= 0.3 is 12.3 Å². The number of hydrogen-bond donors (Lipinski definition) is 3. The fourth-order valence-electron chi connectivity index (χ4n) is 6.10. The largest absolute Gasteiger partial charge is 0.465 e. The first-order chi connectivity index (χ1) is 23.8. The first-order valence-electron chi connectivity index (χ1n) is 15.8. The van der Waals surface area contributed by atoms with Crippen LogP contribution in [-0.2, 0) is 26.2 Å². The lowest BCUT2D eigenvalue weighted by Gasteiger charge is -2.34. The highest BCUT2D eigenvalue weighted by Gasteiger charge is 2.35. The smallest absolute Gasteiger partial charge is 0.416 e. The van der Waals surface area contributed by atoms with Crippen LogP contribution in [0.25, 0.3) is 11.4 Å². The van der Waals surface area contributed by atoms with E-state index < -0.39 is 29.6 Å². The van der Waals surface area contributed by atoms with E-state index in [1.807, 2.05) is 4.90 Å². The summed E-state index contributed by atoms with van der Waals surface area (Å²) in [4.78, 5) is 51.5. The lowest BCUT2D eigenvalue weighted by molar-refractivity contribution is -0.138. The Morgan fingerprint density at radius 2 is 1.80 bits per heavy atom. The van der Waals surface area contributed by atoms with E-state index in [0.717, 1.165) is 41.9 Å². The van der Waals surface area contributed by atoms with Crippen LogP contribution in [0, 0.1) is 11.8 Å². The fourth-order valence-corrected chi connectivity index (χ4v) is 6.85. The van der Waals surface area contributed by atoms with Crippen molar-refractivity contribution in [3.8, 4) is 23.2 Å². The Balaban J connectivity index is 1.19. The minimum absolute atomic E-state index is 0.0249. The molecule has 3 amide bonds. The SMILES string of the molecule is CCN1CCN(Cc2ccc(NC(=O)c3ccc(C#Cc4cnc(N)nc4-c4cc5c(n4C)CCN(C(=O)O)C5=O)s3)cc2C(F)(F)F)CC1. The lowest BCUT2D eigenvalue weighted by atomic mass is 10.0. The van der Waals surface area contributed by atoms with Gasteiger partial charge in [0.2, 0.25) is 5.95 Å². The van der Waals surface area contributed by atoms with Crippen molar-refractivity contribution in [1.82, 2.24) is 29.2 Å². The number of hydrogen-bond acceptors (Lipinski definition) is 9. The Labute approximate surface area is 289 Å². The van der Waals surface area contributed by atoms with Crippen LogP contribution < -0.4 is 11.1 Å². The molecule has 50 heavy (non-hydrogen) atoms. The molecule has 0 saturated carbocycles. The number of nitrogens with zero attached hydrogens (tertiary/aromatic N) is 6. The minimum Gasteiger partial charge on any atom is -0.465 e. The summed E-state index contributed by atoms with van der Waals surface area (Å²) in [6, 6.07) is 8.58. The second-order valence-electron chi connectivity index (χ2n) is 11.9. The fraction of sp³-hybridized carbons (Fsp3) is 0.324. The van der Waals surface area contributed by atoms with E-state index >= 15 is 0 Å². The van der Waals surface area contributed by atoms with Crippen LogP contribution >= 0.6 is 11.3 Å². The average Bonchev–Trinajstić information content (AvgIpc) is 3.70. The van der Waals surface area contributed by atoms with Crippen molar-refractivity contribution in [2.45, 2.75) is 26.1 Å². The first kappa shape index (κ1) is 34.6. The molecule has 1 fully saturated rings. The van der Waals surface area contributed by atoms with E-state index in [-0.39, 0.29) is 40.7 Å². The molecule has 1 saturated heterocycles. The van der Waals surface area contributed by atoms with E-state index in [1.165, 1.54) is 24.4 Å². The van der Waals surface area contributed by atoms with Gasteiger partial charge in [-0.15, -0.1) is 11.3 Å². The third kappa shape index (κ3) is 7.20. The molecular formula is C34H33F3N8O4S. The maximum absolute atomic E-state index is 14.1. The number of imide groups is 1. The van der Waals surface area contributed by atoms with E-state index in [2.05, 4.69) is 38.9 Å². The second kappa shape index (κ2) is 13.9. The van der Waals surface area contributed by atoms with Gasteiger partial charge < -0.3 is 25.6 Å². The second-order valence-corrected chi connectivity index (χ2v) is 13.0. The number of halogens is 3. The highest BCUT2D eigenvalue weighted by Crippen LogP contribution is 2.35. The number of thiophene rings is 1. The molecule has 0 bridgehead atoms. The van der Waals surface area contributed by atoms with Gasteiger partial charge in [-0.2, -0.15) is 13.2 Å². The predicted molar refractivity (Wildman–Crippen MR) is 181 cm³/mol. The maximum atomic E-state index is 14.1. The highest BCUT2D eigenvalue weighted by molar-refractivity contribution is 7.14. The summed E-state index contributed by atoms with van der Waals surface area (Å²) in [6.45, 7) is 6.14. The van der Waals surface area contributed by atoms with Crippen LogP contribution in [0.5, 0.6) is 0 Å². The molecule has 4 aromatic rings. The number of anilines is 2. The van der Waals surface area contributed by atoms with Gasteiger partial charge in [-0.05, 0) is 42.4 Å². The molecule has 5 heterocycles. The number of fused-ring (bicyclic) bond motifs is 1. The van der Waals surface area contributed by atoms with Crippen LogP contribution in [0.15, 0.2) is 42.6 Å². The van der Waals surface area contributed by atoms with Gasteiger partial charge in [0.15, 0.2) is 0 Å². The molecule has 2 aliphatic rings. The van der Waals surface area contributed by atoms with Crippen molar-refractivity contribution >= 4 is 40.9 Å². The third-order valence-corrected chi connectivity index (χ3v) is 9.82. The normalized spacial score (nSPS) is 15.4. The molecule has 260 valence electrons. The Kier molecular flexibility index (Phi) is 9.65. The lowest BCUT2D eigenvalue weighted by Crippen LogP contribution is -2.45. The number of rotatable bonds is 6. The summed E-state index contributed by atoms with van der Waals surface area (Å²) in [5.74, 6) is 4.71. The number of aromatic nitrogens is 3. The molecule has 6 rings (SSSR count). The van der Waals surface area contributed by atoms with Crippen molar-refractivity contribution < 1.29 is 32.7 Å². The molecule has 2 aliphatic heterocycles. The van der Waals surface area contributed by atoms with Crippen molar-refractivity contribution in [2.24, 2.45) is 7.05 Å². The molecule has 0 spiro atoms. The number of nitrogens with two attached hydrogens (primary N) is 1. The van der Waals surface area contributed by atoms with Crippen molar-refractivity contribution in [2.75, 3.05) is 50.3 Å². The van der Waals surface area contributed by atoms with Gasteiger partial charge in [0.1, 0.15) is 5.69 Å². The molecule has 3 aromatic heterocycles. The Hall–Kier alpha value is -5.24. The number of carbonyl (C=O) groups excluding carboxylic acids is 2. The summed E-state index contributed by atoms with van der Waals surface area (Å²) in [7, 11) is 1.73. The zero-order chi connectivity index (χ0) is 35.7. The number of piperazine rings is 1. The van der Waals surface area contributed by atoms with Crippen molar-refractivity contribution in [1.29, 1.82) is 0 Å². The highest BCUT2D eigenvalue weighted by atomic mass is 32.1. The Morgan fingerprint density at radius 3 is 2.50 bits per heavy atom. The molecular weight excluding hydrogens is 673 g/mol. The van der Waals surface area contributed by atoms with Gasteiger partial charge in [-0.25, -0.2) is 19.7 Å². The molecule has 0 atom stereocenters. The standard InChI is InChI=1S/C34H33F3N8O4S/c1-3-43-12-14-44(15-13-43)19-21-4-6-22(16-25(21)34(35,36)37)40-30(46)28-9-8-23(50-28)7-5-20-18-39-32(38)41-29(20)27-17-24-26(42(27)2)10-11-45(31(24)47)33(48)49/h4,6,8-9,16-18H,3,10-15,19H2,1-2H3,(H,40,46)(H,48,49)(H2,38,39,41). The van der Waals surface area contributed by atoms with Crippen LogP contribution in [0.4, 0.5) is 29.6 Å². The Bertz CT molecular complexity index is 2040. The number of carboxylic acid groups (broad SMARTS) is 1. The minimum atomic E-state index is -4.59. The van der Waals surface area contributed by atoms with Crippen LogP contribution in [0.2, 0.25) is 0 Å². The molecule has 0 aliphatic carbocycles. The average molecular weight is 707 g/mol. The number of nitrogens with one attached hydrogen (secondary N) is 1. The van der Waals surface area contributed by atoms with E-state index in [0.29, 0.717) is 47.0 Å². The van der Waals surface area contributed by atoms with Gasteiger partial charge in [-0.3, -0.25) is 14.5 Å². The number of likely N-dealkylation sites (N-methyl/N-ethyl adjacent to an activating group) is 1. The topological polar surface area (TPSA) is 150 Å². The molecule has 1 aromatic carbocycles. The number of benzene rings is 1. The van der Waals surface area contributed by atoms with Crippen molar-refractivity contribution in [3.05, 3.63) is 80.3 Å². The van der Waals surface area contributed by atoms with Crippen LogP contribution in [0.3, 0.4) is 0 Å². The number of amides is 3. The first-order valence-corrected chi connectivity index (χ1v) is 16.6. The zero-order valence-corrected chi connectivity index (χ0v) is 28.0. The van der Waals surface area contributed by atoms with Gasteiger partial charge in [0.05, 0.1) is 32.1 Å². The third-order valence-electron chi connectivity index (χ3n) is 8.82. The van der Waals surface area contributed by atoms with E-state index in [4.69, 9.17) is 5.73 Å². The van der Waals surface area contributed by atoms with Gasteiger partial charge in [-0.1, -0.05) is 24.8 Å². The zero-order valence-electron chi connectivity index (χ0n) is 27.2. The molecule has 0 radical (unpaired) electrons. The monoisotopic (exact) mass is 706 g/mol. The van der Waals surface area contributed by atoms with E-state index in [9.17, 15) is 32.7 Å². The number of nitrogen functional groups attached to an aromatic ring is 1. The summed E-state index contributed by atoms with van der Waals surface area (Å²) in [5, 5.41) is 12.0. The molecule has 12 nitrogen and oxygen atoms in total. The summed E-state index contributed by atoms with van der Waals surface area (Å²) in [6.07, 6.45) is -4.17. The van der Waals surface area contributed by atoms with Crippen LogP contribution in [0.1, 0.15) is 54.2 Å². The van der Waals surface area contributed by atoms with E-state index in [1.54, 1.807) is 23.7 Å². The summed E-state index contributed by atoms with van der Waals surface area (Å²) >= 11 is 1.06. The quantitative estimate of drug-likeness (QED) is 0.245. The molecule has 16 heteroatoms. The van der Waals surface area contributed by atoms with Gasteiger partial charge in [0.25, 0.3) is 11.8 Å². The maximum Gasteiger partial charge on any atom is 0.416 e. The van der Waals surface area contributed by atoms with Gasteiger partial charge in [0, 0.05) is 70.3 Å². The number of carbonyl (C=O) groups is 3. The Morgan fingerprint density at radius 1 is 1.06 bits per heavy atom. The van der Waals surface area contributed by atoms with Crippen LogP contribution in [-0.4, -0.2) is 91.5 Å². The van der Waals surface area contributed by atoms with Crippen molar-refractivity contribution in [3.63, 3.8) is 0 Å². The summed E-state index contributed by atoms with van der Waals surface area (Å²) in [5.41, 5.74) is 7.36. The predicted octanol–water partition coefficient (Wildman–Crippen LogP) is 4.61. The molecule has 0 unspecified atom stereocenters. The summed E-state index contributed by atoms with van der Waals surface area (Å²) < 4.78 is 44.0. The molecule has 4 N–H and O–H groups in total. The number of alkyl halides is 3.